The van der Waals surface area contributed by atoms with Crippen molar-refractivity contribution < 1.29 is 13.9 Å². The second kappa shape index (κ2) is 7.94. The van der Waals surface area contributed by atoms with E-state index in [2.05, 4.69) is 15.6 Å². The quantitative estimate of drug-likeness (QED) is 0.872. The van der Waals surface area contributed by atoms with E-state index in [1.54, 1.807) is 11.3 Å². The third-order valence-electron chi connectivity index (χ3n) is 5.34. The number of hydrogen-bond acceptors (Lipinski definition) is 5. The molecule has 2 aromatic rings. The van der Waals surface area contributed by atoms with Crippen LogP contribution in [0.2, 0.25) is 0 Å². The van der Waals surface area contributed by atoms with Gasteiger partial charge < -0.3 is 14.5 Å². The van der Waals surface area contributed by atoms with Gasteiger partial charge in [-0.3, -0.25) is 9.69 Å². The third kappa shape index (κ3) is 3.72. The average Bonchev–Trinajstić information content (AvgIpc) is 3.29. The van der Waals surface area contributed by atoms with Crippen molar-refractivity contribution in [3.8, 4) is 0 Å². The molecule has 4 rings (SSSR count). The lowest BCUT2D eigenvalue weighted by Crippen LogP contribution is -2.43. The van der Waals surface area contributed by atoms with E-state index < -0.39 is 0 Å². The summed E-state index contributed by atoms with van der Waals surface area (Å²) in [6.45, 7) is 5.67. The van der Waals surface area contributed by atoms with Crippen molar-refractivity contribution in [2.24, 2.45) is 0 Å². The molecule has 1 aliphatic carbocycles. The molecule has 1 N–H and O–H groups in total. The highest BCUT2D eigenvalue weighted by atomic mass is 32.1. The summed E-state index contributed by atoms with van der Waals surface area (Å²) in [5.41, 5.74) is 2.65. The predicted octanol–water partition coefficient (Wildman–Crippen LogP) is 3.33. The van der Waals surface area contributed by atoms with E-state index in [9.17, 15) is 4.79 Å². The molecule has 1 saturated heterocycles. The molecule has 0 aromatic carbocycles. The molecule has 0 bridgehead atoms. The highest BCUT2D eigenvalue weighted by Gasteiger charge is 2.27. The van der Waals surface area contributed by atoms with Crippen LogP contribution in [0.1, 0.15) is 51.2 Å². The monoisotopic (exact) mass is 374 g/mol. The molecular formula is C20H26N2O3S. The fraction of sp³-hybridized carbons (Fsp3) is 0.550. The van der Waals surface area contributed by atoms with Gasteiger partial charge in [0.25, 0.3) is 5.91 Å². The normalized spacial score (nSPS) is 19.1. The van der Waals surface area contributed by atoms with Crippen molar-refractivity contribution in [3.05, 3.63) is 45.0 Å². The second-order valence-corrected chi connectivity index (χ2v) is 7.98. The molecule has 5 nitrogen and oxygen atoms in total. The summed E-state index contributed by atoms with van der Waals surface area (Å²) >= 11 is 1.59. The van der Waals surface area contributed by atoms with Gasteiger partial charge >= 0.3 is 0 Å². The van der Waals surface area contributed by atoms with E-state index in [0.717, 1.165) is 55.5 Å². The summed E-state index contributed by atoms with van der Waals surface area (Å²) in [4.78, 5) is 16.1. The van der Waals surface area contributed by atoms with Gasteiger partial charge in [0.1, 0.15) is 11.5 Å². The number of ether oxygens (including phenoxy) is 1. The van der Waals surface area contributed by atoms with Crippen molar-refractivity contribution in [3.63, 3.8) is 0 Å². The molecule has 0 spiro atoms. The Kier molecular flexibility index (Phi) is 5.43. The summed E-state index contributed by atoms with van der Waals surface area (Å²) in [6.07, 6.45) is 4.57. The van der Waals surface area contributed by atoms with Crippen molar-refractivity contribution in [1.29, 1.82) is 0 Å². The molecule has 1 amide bonds. The zero-order valence-electron chi connectivity index (χ0n) is 15.3. The first-order valence-electron chi connectivity index (χ1n) is 9.48. The van der Waals surface area contributed by atoms with Crippen LogP contribution in [0, 0.1) is 6.92 Å². The summed E-state index contributed by atoms with van der Waals surface area (Å²) in [6, 6.07) is 4.06. The molecule has 2 aromatic heterocycles. The van der Waals surface area contributed by atoms with Crippen LogP contribution < -0.4 is 5.32 Å². The largest absolute Gasteiger partial charge is 0.465 e. The molecule has 1 fully saturated rings. The Morgan fingerprint density at radius 2 is 2.08 bits per heavy atom. The van der Waals surface area contributed by atoms with Crippen LogP contribution in [-0.2, 0) is 17.6 Å². The van der Waals surface area contributed by atoms with Gasteiger partial charge in [0.2, 0.25) is 0 Å². The number of nitrogens with zero attached hydrogens (tertiary/aromatic N) is 1. The van der Waals surface area contributed by atoms with Crippen LogP contribution in [0.3, 0.4) is 0 Å². The Bertz CT molecular complexity index is 761. The lowest BCUT2D eigenvalue weighted by molar-refractivity contribution is 0.0117. The third-order valence-corrected chi connectivity index (χ3v) is 6.41. The lowest BCUT2D eigenvalue weighted by atomic mass is 9.94. The number of hydrogen-bond donors (Lipinski definition) is 1. The van der Waals surface area contributed by atoms with E-state index in [0.29, 0.717) is 6.54 Å². The second-order valence-electron chi connectivity index (χ2n) is 7.10. The van der Waals surface area contributed by atoms with Crippen LogP contribution >= 0.6 is 11.3 Å². The molecule has 1 aliphatic heterocycles. The Morgan fingerprint density at radius 1 is 1.27 bits per heavy atom. The molecule has 1 atom stereocenters. The minimum Gasteiger partial charge on any atom is -0.465 e. The molecular weight excluding hydrogens is 348 g/mol. The smallest absolute Gasteiger partial charge is 0.261 e. The van der Waals surface area contributed by atoms with E-state index in [1.165, 1.54) is 24.0 Å². The maximum Gasteiger partial charge on any atom is 0.261 e. The van der Waals surface area contributed by atoms with Gasteiger partial charge in [0.15, 0.2) is 0 Å². The Hall–Kier alpha value is -1.63. The predicted molar refractivity (Wildman–Crippen MR) is 102 cm³/mol. The fourth-order valence-corrected chi connectivity index (χ4v) is 4.99. The first kappa shape index (κ1) is 17.8. The number of carbonyl (C=O) groups excluding carboxylic acids is 1. The average molecular weight is 375 g/mol. The van der Waals surface area contributed by atoms with Gasteiger partial charge in [-0.2, -0.15) is 0 Å². The van der Waals surface area contributed by atoms with Crippen molar-refractivity contribution in [2.45, 2.75) is 38.6 Å². The molecule has 0 radical (unpaired) electrons. The van der Waals surface area contributed by atoms with E-state index >= 15 is 0 Å². The Labute approximate surface area is 158 Å². The number of rotatable bonds is 5. The maximum absolute atomic E-state index is 12.8. The van der Waals surface area contributed by atoms with Crippen LogP contribution in [0.25, 0.3) is 0 Å². The van der Waals surface area contributed by atoms with Gasteiger partial charge in [-0.15, -0.1) is 11.3 Å². The summed E-state index contributed by atoms with van der Waals surface area (Å²) in [7, 11) is 0. The van der Waals surface area contributed by atoms with Crippen molar-refractivity contribution >= 4 is 17.2 Å². The van der Waals surface area contributed by atoms with Crippen LogP contribution in [0.4, 0.5) is 0 Å². The number of fused-ring (bicyclic) bond motifs is 1. The van der Waals surface area contributed by atoms with Crippen LogP contribution in [0.15, 0.2) is 21.9 Å². The first-order chi connectivity index (χ1) is 12.7. The van der Waals surface area contributed by atoms with Gasteiger partial charge in [-0.25, -0.2) is 0 Å². The zero-order chi connectivity index (χ0) is 17.9. The minimum absolute atomic E-state index is 0.0485. The van der Waals surface area contributed by atoms with Crippen molar-refractivity contribution in [1.82, 2.24) is 10.2 Å². The van der Waals surface area contributed by atoms with E-state index in [-0.39, 0.29) is 11.9 Å². The number of carbonyl (C=O) groups is 1. The molecule has 3 heterocycles. The fourth-order valence-electron chi connectivity index (χ4n) is 3.91. The Morgan fingerprint density at radius 3 is 2.85 bits per heavy atom. The SMILES string of the molecule is Cc1ccc([C@H](CNC(=O)c2scc3c2CCCC3)N2CCOCC2)o1. The number of aryl methyl sites for hydroxylation is 2. The molecule has 0 unspecified atom stereocenters. The standard InChI is InChI=1S/C20H26N2O3S/c1-14-6-7-18(25-14)17(22-8-10-24-11-9-22)12-21-20(23)19-16-5-3-2-4-15(16)13-26-19/h6-7,13,17H,2-5,8-12H2,1H3,(H,21,23)/t17-/m0/s1. The van der Waals surface area contributed by atoms with Crippen LogP contribution in [0.5, 0.6) is 0 Å². The molecule has 6 heteroatoms. The zero-order valence-corrected chi connectivity index (χ0v) is 16.1. The van der Waals surface area contributed by atoms with Gasteiger partial charge in [0.05, 0.1) is 24.1 Å². The number of morpholine rings is 1. The highest BCUT2D eigenvalue weighted by molar-refractivity contribution is 7.12. The van der Waals surface area contributed by atoms with E-state index in [4.69, 9.17) is 9.15 Å². The van der Waals surface area contributed by atoms with Gasteiger partial charge in [0, 0.05) is 19.6 Å². The highest BCUT2D eigenvalue weighted by Crippen LogP contribution is 2.30. The molecule has 0 saturated carbocycles. The number of thiophene rings is 1. The summed E-state index contributed by atoms with van der Waals surface area (Å²) in [5, 5.41) is 5.33. The first-order valence-corrected chi connectivity index (χ1v) is 10.4. The molecule has 2 aliphatic rings. The lowest BCUT2D eigenvalue weighted by Gasteiger charge is -2.33. The number of amides is 1. The number of nitrogens with one attached hydrogen (secondary N) is 1. The Balaban J connectivity index is 1.47. The molecule has 26 heavy (non-hydrogen) atoms. The maximum atomic E-state index is 12.8. The summed E-state index contributed by atoms with van der Waals surface area (Å²) < 4.78 is 11.4. The van der Waals surface area contributed by atoms with Crippen molar-refractivity contribution in [2.75, 3.05) is 32.8 Å². The van der Waals surface area contributed by atoms with Gasteiger partial charge in [-0.05, 0) is 61.2 Å². The number of furan rings is 1. The molecule has 140 valence electrons. The van der Waals surface area contributed by atoms with Gasteiger partial charge in [-0.1, -0.05) is 0 Å². The van der Waals surface area contributed by atoms with E-state index in [1.807, 2.05) is 19.1 Å². The summed E-state index contributed by atoms with van der Waals surface area (Å²) in [5.74, 6) is 1.87. The van der Waals surface area contributed by atoms with Crippen LogP contribution in [-0.4, -0.2) is 43.7 Å². The topological polar surface area (TPSA) is 54.7 Å². The minimum atomic E-state index is 0.0485.